The van der Waals surface area contributed by atoms with E-state index in [2.05, 4.69) is 35.5 Å². The van der Waals surface area contributed by atoms with Crippen LogP contribution in [0.15, 0.2) is 97.1 Å². The fraction of sp³-hybridized carbons (Fsp3) is 0.0625. The van der Waals surface area contributed by atoms with Crippen LogP contribution in [0.4, 0.5) is 13.2 Å². The zero-order chi connectivity index (χ0) is 24.7. The zero-order valence-corrected chi connectivity index (χ0v) is 18.9. The van der Waals surface area contributed by atoms with Crippen molar-refractivity contribution < 1.29 is 13.2 Å². The van der Waals surface area contributed by atoms with Crippen LogP contribution in [0.5, 0.6) is 0 Å². The zero-order valence-electron chi connectivity index (χ0n) is 18.9. The molecule has 3 heteroatoms. The van der Waals surface area contributed by atoms with E-state index in [0.717, 1.165) is 39.9 Å². The maximum absolute atomic E-state index is 12.6. The third kappa shape index (κ3) is 6.91. The molecule has 0 saturated carbocycles. The second kappa shape index (κ2) is 10.5. The molecule has 4 aromatic carbocycles. The van der Waals surface area contributed by atoms with Gasteiger partial charge in [0.05, 0.1) is 5.56 Å². The van der Waals surface area contributed by atoms with Gasteiger partial charge in [-0.05, 0) is 91.9 Å². The van der Waals surface area contributed by atoms with Crippen molar-refractivity contribution >= 4 is 0 Å². The van der Waals surface area contributed by atoms with E-state index in [9.17, 15) is 13.2 Å². The van der Waals surface area contributed by atoms with Crippen molar-refractivity contribution in [2.24, 2.45) is 0 Å². The van der Waals surface area contributed by atoms with Gasteiger partial charge in [-0.3, -0.25) is 0 Å². The molecule has 0 radical (unpaired) electrons. The van der Waals surface area contributed by atoms with Gasteiger partial charge in [-0.1, -0.05) is 53.2 Å². The van der Waals surface area contributed by atoms with Crippen molar-refractivity contribution in [1.29, 1.82) is 0 Å². The molecule has 0 nitrogen and oxygen atoms in total. The Morgan fingerprint density at radius 3 is 0.886 bits per heavy atom. The fourth-order valence-corrected chi connectivity index (χ4v) is 3.09. The molecule has 0 atom stereocenters. The predicted molar refractivity (Wildman–Crippen MR) is 133 cm³/mol. The van der Waals surface area contributed by atoms with Crippen LogP contribution in [0, 0.1) is 42.4 Å². The molecule has 4 rings (SSSR count). The first-order valence-corrected chi connectivity index (χ1v) is 10.9. The van der Waals surface area contributed by atoms with Gasteiger partial charge in [0, 0.05) is 33.4 Å². The molecule has 168 valence electrons. The molecule has 0 aliphatic heterocycles. The minimum absolute atomic E-state index is 0.522. The SMILES string of the molecule is Cc1ccc(C#Cc2ccc(C#Cc3ccc(C#Cc4ccc(C(F)(F)F)cc4)cc3)cc2)cc1. The second-order valence-corrected chi connectivity index (χ2v) is 7.85. The highest BCUT2D eigenvalue weighted by molar-refractivity contribution is 5.50. The maximum Gasteiger partial charge on any atom is 0.416 e. The van der Waals surface area contributed by atoms with Crippen LogP contribution in [0.25, 0.3) is 0 Å². The molecule has 0 N–H and O–H groups in total. The normalized spacial score (nSPS) is 10.2. The molecule has 0 bridgehead atoms. The molecule has 0 unspecified atom stereocenters. The van der Waals surface area contributed by atoms with Gasteiger partial charge in [-0.2, -0.15) is 13.2 Å². The molecule has 4 aromatic rings. The van der Waals surface area contributed by atoms with Crippen molar-refractivity contribution in [3.05, 3.63) is 142 Å². The van der Waals surface area contributed by atoms with E-state index in [0.29, 0.717) is 5.56 Å². The number of rotatable bonds is 0. The van der Waals surface area contributed by atoms with Crippen LogP contribution in [0.2, 0.25) is 0 Å². The van der Waals surface area contributed by atoms with Crippen LogP contribution in [-0.4, -0.2) is 0 Å². The number of benzene rings is 4. The predicted octanol–water partition coefficient (Wildman–Crippen LogP) is 7.21. The summed E-state index contributed by atoms with van der Waals surface area (Å²) in [5.74, 6) is 18.4. The van der Waals surface area contributed by atoms with E-state index >= 15 is 0 Å². The summed E-state index contributed by atoms with van der Waals surface area (Å²) in [6.07, 6.45) is -4.35. The lowest BCUT2D eigenvalue weighted by molar-refractivity contribution is -0.137. The highest BCUT2D eigenvalue weighted by Crippen LogP contribution is 2.28. The summed E-state index contributed by atoms with van der Waals surface area (Å²) >= 11 is 0. The average molecular weight is 460 g/mol. The van der Waals surface area contributed by atoms with Gasteiger partial charge in [0.1, 0.15) is 0 Å². The average Bonchev–Trinajstić information content (AvgIpc) is 2.87. The van der Waals surface area contributed by atoms with Gasteiger partial charge in [0.2, 0.25) is 0 Å². The van der Waals surface area contributed by atoms with Gasteiger partial charge in [0.25, 0.3) is 0 Å². The monoisotopic (exact) mass is 460 g/mol. The van der Waals surface area contributed by atoms with E-state index in [1.807, 2.05) is 79.7 Å². The summed E-state index contributed by atoms with van der Waals surface area (Å²) in [7, 11) is 0. The Bertz CT molecular complexity index is 1490. The summed E-state index contributed by atoms with van der Waals surface area (Å²) in [4.78, 5) is 0. The fourth-order valence-electron chi connectivity index (χ4n) is 3.09. The van der Waals surface area contributed by atoms with E-state index in [-0.39, 0.29) is 0 Å². The van der Waals surface area contributed by atoms with Crippen molar-refractivity contribution in [3.63, 3.8) is 0 Å². The molecule has 0 aliphatic rings. The maximum atomic E-state index is 12.6. The van der Waals surface area contributed by atoms with Crippen LogP contribution < -0.4 is 0 Å². The lowest BCUT2D eigenvalue weighted by Gasteiger charge is -2.05. The highest BCUT2D eigenvalue weighted by atomic mass is 19.4. The van der Waals surface area contributed by atoms with Gasteiger partial charge in [-0.15, -0.1) is 0 Å². The Morgan fingerprint density at radius 1 is 0.400 bits per heavy atom. The summed E-state index contributed by atoms with van der Waals surface area (Å²) in [5.41, 5.74) is 5.43. The minimum atomic E-state index is -4.35. The van der Waals surface area contributed by atoms with Gasteiger partial charge < -0.3 is 0 Å². The first-order valence-electron chi connectivity index (χ1n) is 10.9. The number of hydrogen-bond donors (Lipinski definition) is 0. The largest absolute Gasteiger partial charge is 0.416 e. The molecule has 0 aliphatic carbocycles. The summed E-state index contributed by atoms with van der Waals surface area (Å²) < 4.78 is 37.9. The molecule has 35 heavy (non-hydrogen) atoms. The summed E-state index contributed by atoms with van der Waals surface area (Å²) in [6, 6.07) is 28.1. The quantitative estimate of drug-likeness (QED) is 0.243. The van der Waals surface area contributed by atoms with E-state index < -0.39 is 11.7 Å². The Balaban J connectivity index is 1.38. The molecule has 0 aromatic heterocycles. The van der Waals surface area contributed by atoms with Gasteiger partial charge >= 0.3 is 6.18 Å². The second-order valence-electron chi connectivity index (χ2n) is 7.85. The standard InChI is InChI=1S/C32H19F3/c1-24-2-4-25(5-3-24)6-7-26-8-10-27(11-9-26)12-13-28-14-16-29(17-15-28)18-19-30-20-22-31(23-21-30)32(33,34)35/h2-5,8-11,14-17,20-23H,1H3. The molecular formula is C32H19F3. The van der Waals surface area contributed by atoms with E-state index in [4.69, 9.17) is 0 Å². The Labute approximate surface area is 203 Å². The summed E-state index contributed by atoms with van der Waals surface area (Å²) in [6.45, 7) is 2.05. The van der Waals surface area contributed by atoms with Gasteiger partial charge in [0.15, 0.2) is 0 Å². The molecule has 0 fully saturated rings. The lowest BCUT2D eigenvalue weighted by Crippen LogP contribution is -2.04. The van der Waals surface area contributed by atoms with Crippen LogP contribution in [0.3, 0.4) is 0 Å². The third-order valence-corrected chi connectivity index (χ3v) is 5.09. The topological polar surface area (TPSA) is 0 Å². The molecular weight excluding hydrogens is 441 g/mol. The summed E-state index contributed by atoms with van der Waals surface area (Å²) in [5, 5.41) is 0. The van der Waals surface area contributed by atoms with E-state index in [1.54, 1.807) is 0 Å². The smallest absolute Gasteiger partial charge is 0.166 e. The number of hydrogen-bond acceptors (Lipinski definition) is 0. The van der Waals surface area contributed by atoms with Gasteiger partial charge in [-0.25, -0.2) is 0 Å². The third-order valence-electron chi connectivity index (χ3n) is 5.09. The Morgan fingerprint density at radius 2 is 0.629 bits per heavy atom. The van der Waals surface area contributed by atoms with Crippen LogP contribution in [-0.2, 0) is 6.18 Å². The van der Waals surface area contributed by atoms with Crippen molar-refractivity contribution in [2.75, 3.05) is 0 Å². The first kappa shape index (κ1) is 23.5. The van der Waals surface area contributed by atoms with Crippen molar-refractivity contribution in [1.82, 2.24) is 0 Å². The molecule has 0 saturated heterocycles. The minimum Gasteiger partial charge on any atom is -0.166 e. The number of alkyl halides is 3. The molecule has 0 heterocycles. The molecule has 0 amide bonds. The van der Waals surface area contributed by atoms with Crippen LogP contribution in [0.1, 0.15) is 44.5 Å². The molecule has 0 spiro atoms. The highest BCUT2D eigenvalue weighted by Gasteiger charge is 2.29. The van der Waals surface area contributed by atoms with Crippen molar-refractivity contribution in [3.8, 4) is 35.5 Å². The number of halogens is 3. The first-order chi connectivity index (χ1) is 16.8. The Kier molecular flexibility index (Phi) is 7.07. The lowest BCUT2D eigenvalue weighted by atomic mass is 10.1. The Hall–Kier alpha value is -4.65. The van der Waals surface area contributed by atoms with Crippen molar-refractivity contribution in [2.45, 2.75) is 13.1 Å². The van der Waals surface area contributed by atoms with E-state index in [1.165, 1.54) is 17.7 Å². The van der Waals surface area contributed by atoms with Crippen LogP contribution >= 0.6 is 0 Å². The number of aryl methyl sites for hydroxylation is 1.